The maximum atomic E-state index is 11.1. The van der Waals surface area contributed by atoms with E-state index in [1.807, 2.05) is 0 Å². The van der Waals surface area contributed by atoms with E-state index in [1.165, 1.54) is 35.8 Å². The number of carbonyl (C=O) groups is 3. The third-order valence-corrected chi connectivity index (χ3v) is 5.27. The molecule has 0 spiro atoms. The normalized spacial score (nSPS) is 29.9. The highest BCUT2D eigenvalue weighted by Crippen LogP contribution is 2.48. The summed E-state index contributed by atoms with van der Waals surface area (Å²) in [7, 11) is 4.20. The van der Waals surface area contributed by atoms with Crippen molar-refractivity contribution in [2.75, 3.05) is 40.8 Å². The van der Waals surface area contributed by atoms with Crippen LogP contribution in [0.1, 0.15) is 19.3 Å². The average Bonchev–Trinajstić information content (AvgIpc) is 2.61. The van der Waals surface area contributed by atoms with E-state index < -0.39 is 41.5 Å². The number of carboxylic acids is 3. The first kappa shape index (κ1) is 24.2. The summed E-state index contributed by atoms with van der Waals surface area (Å²) in [5.74, 6) is -3.33. The molecule has 0 heterocycles. The molecule has 0 aromatic carbocycles. The van der Waals surface area contributed by atoms with Gasteiger partial charge in [-0.05, 0) is 21.1 Å². The third kappa shape index (κ3) is 4.59. The molecule has 0 bridgehead atoms. The van der Waals surface area contributed by atoms with Crippen LogP contribution in [0.2, 0.25) is 0 Å². The molecule has 162 valence electrons. The van der Waals surface area contributed by atoms with Crippen molar-refractivity contribution in [1.29, 1.82) is 0 Å². The summed E-state index contributed by atoms with van der Waals surface area (Å²) in [5, 5.41) is 59.5. The Morgan fingerprint density at radius 2 is 1.07 bits per heavy atom. The van der Waals surface area contributed by atoms with E-state index in [2.05, 4.69) is 0 Å². The van der Waals surface area contributed by atoms with Gasteiger partial charge < -0.3 is 30.6 Å². The van der Waals surface area contributed by atoms with Crippen LogP contribution in [0.4, 0.5) is 0 Å². The zero-order valence-corrected chi connectivity index (χ0v) is 16.1. The molecule has 0 saturated heterocycles. The minimum absolute atomic E-state index is 0.0725. The van der Waals surface area contributed by atoms with Crippen molar-refractivity contribution in [3.63, 3.8) is 0 Å². The summed E-state index contributed by atoms with van der Waals surface area (Å²) in [6.07, 6.45) is -2.74. The molecule has 0 aromatic heterocycles. The Balaban J connectivity index is 3.16. The smallest absolute Gasteiger partial charge is 0.304 e. The molecule has 1 aliphatic rings. The van der Waals surface area contributed by atoms with E-state index in [9.17, 15) is 29.7 Å². The van der Waals surface area contributed by atoms with Crippen molar-refractivity contribution < 1.29 is 45.0 Å². The Kier molecular flexibility index (Phi) is 7.88. The van der Waals surface area contributed by atoms with Crippen LogP contribution in [-0.2, 0) is 14.4 Å². The molecule has 1 aliphatic carbocycles. The minimum atomic E-state index is -2.07. The van der Waals surface area contributed by atoms with Crippen LogP contribution < -0.4 is 0 Å². The predicted octanol–water partition coefficient (Wildman–Crippen LogP) is -2.67. The second-order valence-corrected chi connectivity index (χ2v) is 7.13. The van der Waals surface area contributed by atoms with Gasteiger partial charge in [-0.3, -0.25) is 29.1 Å². The molecule has 0 aromatic rings. The van der Waals surface area contributed by atoms with E-state index >= 15 is 0 Å². The molecule has 28 heavy (non-hydrogen) atoms. The number of aliphatic carboxylic acids is 3. The fourth-order valence-corrected chi connectivity index (χ4v) is 3.60. The highest BCUT2D eigenvalue weighted by molar-refractivity contribution is 5.67. The first-order valence-electron chi connectivity index (χ1n) is 8.70. The minimum Gasteiger partial charge on any atom is -0.481 e. The summed E-state index contributed by atoms with van der Waals surface area (Å²) in [5.41, 5.74) is -4.15. The highest BCUT2D eigenvalue weighted by Gasteiger charge is 2.75. The molecule has 2 atom stereocenters. The fraction of sp³-hybridized carbons (Fsp3) is 0.812. The number of nitrogens with zero attached hydrogens (tertiary/aromatic N) is 3. The lowest BCUT2D eigenvalue weighted by molar-refractivity contribution is -0.397. The van der Waals surface area contributed by atoms with Gasteiger partial charge in [-0.1, -0.05) is 0 Å². The summed E-state index contributed by atoms with van der Waals surface area (Å²) < 4.78 is 0. The Labute approximate surface area is 162 Å². The number of carboxylic acid groups (broad SMARTS) is 3. The van der Waals surface area contributed by atoms with Crippen LogP contribution >= 0.6 is 0 Å². The molecule has 6 N–H and O–H groups in total. The summed E-state index contributed by atoms with van der Waals surface area (Å²) in [6.45, 7) is -0.348. The van der Waals surface area contributed by atoms with Crippen LogP contribution in [0.25, 0.3) is 0 Å². The Bertz CT molecular complexity index is 566. The zero-order chi connectivity index (χ0) is 21.9. The molecule has 2 unspecified atom stereocenters. The van der Waals surface area contributed by atoms with E-state index in [0.29, 0.717) is 0 Å². The van der Waals surface area contributed by atoms with Crippen LogP contribution in [0.3, 0.4) is 0 Å². The summed E-state index contributed by atoms with van der Waals surface area (Å²) in [6, 6.07) is -1.23. The Morgan fingerprint density at radius 1 is 0.750 bits per heavy atom. The van der Waals surface area contributed by atoms with E-state index in [-0.39, 0.29) is 38.9 Å². The maximum Gasteiger partial charge on any atom is 0.304 e. The van der Waals surface area contributed by atoms with Crippen LogP contribution in [0, 0.1) is 0 Å². The zero-order valence-electron chi connectivity index (χ0n) is 16.1. The quantitative estimate of drug-likeness (QED) is 0.185. The van der Waals surface area contributed by atoms with E-state index in [0.717, 1.165) is 0 Å². The molecule has 0 amide bonds. The van der Waals surface area contributed by atoms with E-state index in [4.69, 9.17) is 15.3 Å². The molecule has 0 aliphatic heterocycles. The van der Waals surface area contributed by atoms with Gasteiger partial charge in [0.15, 0.2) is 11.4 Å². The van der Waals surface area contributed by atoms with Crippen LogP contribution in [-0.4, -0.2) is 128 Å². The summed E-state index contributed by atoms with van der Waals surface area (Å²) in [4.78, 5) is 36.3. The fourth-order valence-electron chi connectivity index (χ4n) is 3.60. The molecule has 12 nitrogen and oxygen atoms in total. The van der Waals surface area contributed by atoms with Crippen molar-refractivity contribution in [1.82, 2.24) is 14.7 Å². The van der Waals surface area contributed by atoms with Gasteiger partial charge in [0.1, 0.15) is 12.1 Å². The van der Waals surface area contributed by atoms with Crippen molar-refractivity contribution in [2.45, 2.75) is 42.9 Å². The van der Waals surface area contributed by atoms with E-state index in [1.54, 1.807) is 0 Å². The largest absolute Gasteiger partial charge is 0.481 e. The van der Waals surface area contributed by atoms with Gasteiger partial charge in [-0.25, -0.2) is 0 Å². The number of hydrogen-bond donors (Lipinski definition) is 6. The van der Waals surface area contributed by atoms with Gasteiger partial charge >= 0.3 is 17.9 Å². The number of hydrogen-bond acceptors (Lipinski definition) is 9. The Hall–Kier alpha value is -1.83. The standard InChI is InChI=1S/C16H29N3O9/c1-17(7-4-10(20)21)13-15(27,18(2)8-5-11(22)23)14(26)16(13,28)19(3)9-6-12(24)25/h13-14,26-28H,4-9H2,1-3H3,(H,20,21)(H,22,23)(H,24,25). The first-order chi connectivity index (χ1) is 12.8. The number of rotatable bonds is 12. The number of aliphatic hydroxyl groups excluding tert-OH is 1. The average molecular weight is 407 g/mol. The SMILES string of the molecule is CN(CCC(=O)O)C1C(O)(N(C)CCC(=O)O)C(O)C1(O)N(C)CCC(=O)O. The predicted molar refractivity (Wildman–Crippen MR) is 94.3 cm³/mol. The second-order valence-electron chi connectivity index (χ2n) is 7.13. The lowest BCUT2D eigenvalue weighted by atomic mass is 9.67. The van der Waals surface area contributed by atoms with Crippen molar-refractivity contribution >= 4 is 17.9 Å². The second kappa shape index (κ2) is 9.11. The monoisotopic (exact) mass is 407 g/mol. The lowest BCUT2D eigenvalue weighted by Gasteiger charge is -2.67. The Morgan fingerprint density at radius 3 is 1.39 bits per heavy atom. The molecule has 12 heteroatoms. The van der Waals surface area contributed by atoms with Gasteiger partial charge in [0.2, 0.25) is 0 Å². The summed E-state index contributed by atoms with van der Waals surface area (Å²) >= 11 is 0. The van der Waals surface area contributed by atoms with Crippen molar-refractivity contribution in [3.8, 4) is 0 Å². The number of aliphatic hydroxyl groups is 3. The van der Waals surface area contributed by atoms with Gasteiger partial charge in [0.05, 0.1) is 19.3 Å². The van der Waals surface area contributed by atoms with Crippen molar-refractivity contribution in [2.24, 2.45) is 0 Å². The van der Waals surface area contributed by atoms with Crippen LogP contribution in [0.15, 0.2) is 0 Å². The van der Waals surface area contributed by atoms with Crippen molar-refractivity contribution in [3.05, 3.63) is 0 Å². The lowest BCUT2D eigenvalue weighted by Crippen LogP contribution is -2.92. The molecular formula is C16H29N3O9. The third-order valence-electron chi connectivity index (χ3n) is 5.27. The maximum absolute atomic E-state index is 11.1. The molecule has 1 rings (SSSR count). The number of likely N-dealkylation sites (N-methyl/N-ethyl adjacent to an activating group) is 3. The van der Waals surface area contributed by atoms with Gasteiger partial charge in [-0.2, -0.15) is 0 Å². The molecule has 0 radical (unpaired) electrons. The van der Waals surface area contributed by atoms with Gasteiger partial charge in [0.25, 0.3) is 0 Å². The molecule has 1 saturated carbocycles. The molecule has 1 fully saturated rings. The van der Waals surface area contributed by atoms with Gasteiger partial charge in [0, 0.05) is 19.6 Å². The topological polar surface area (TPSA) is 182 Å². The highest BCUT2D eigenvalue weighted by atomic mass is 16.4. The van der Waals surface area contributed by atoms with Gasteiger partial charge in [-0.15, -0.1) is 0 Å². The van der Waals surface area contributed by atoms with Crippen LogP contribution in [0.5, 0.6) is 0 Å². The first-order valence-corrected chi connectivity index (χ1v) is 8.70. The molecular weight excluding hydrogens is 378 g/mol.